The van der Waals surface area contributed by atoms with Crippen molar-refractivity contribution in [2.75, 3.05) is 19.5 Å². The lowest BCUT2D eigenvalue weighted by Gasteiger charge is -2.16. The molecule has 120 valence electrons. The number of aryl methyl sites for hydroxylation is 1. The summed E-state index contributed by atoms with van der Waals surface area (Å²) in [5.74, 6) is -1.81. The van der Waals surface area contributed by atoms with Gasteiger partial charge < -0.3 is 14.8 Å². The molecule has 1 aromatic heterocycles. The third-order valence-corrected chi connectivity index (χ3v) is 2.78. The fourth-order valence-electron chi connectivity index (χ4n) is 1.60. The molecule has 1 heterocycles. The van der Waals surface area contributed by atoms with Gasteiger partial charge in [-0.3, -0.25) is 14.9 Å². The summed E-state index contributed by atoms with van der Waals surface area (Å²) in [5.41, 5.74) is -0.447. The number of rotatable bonds is 6. The minimum absolute atomic E-state index is 0.00850. The predicted octanol–water partition coefficient (Wildman–Crippen LogP) is 0.863. The van der Waals surface area contributed by atoms with Gasteiger partial charge in [0.15, 0.2) is 0 Å². The average molecular weight is 333 g/mol. The maximum absolute atomic E-state index is 11.7. The van der Waals surface area contributed by atoms with Gasteiger partial charge in [0, 0.05) is 0 Å². The maximum atomic E-state index is 11.7. The van der Waals surface area contributed by atoms with Crippen molar-refractivity contribution in [1.29, 1.82) is 0 Å². The van der Waals surface area contributed by atoms with E-state index in [9.17, 15) is 19.7 Å². The number of carbonyl (C=O) groups excluding carboxylic acids is 2. The van der Waals surface area contributed by atoms with E-state index in [2.05, 4.69) is 24.8 Å². The standard InChI is InChI=1S/C11H13ClN4O6/c1-5-8(16(19)20)9(15-11(12)13-5)14-6(10(18)22-3)4-7(17)21-2/h6H,4H2,1-3H3,(H,13,14,15)/t6-/m0/s1. The van der Waals surface area contributed by atoms with Gasteiger partial charge in [0.05, 0.1) is 25.6 Å². The molecule has 10 nitrogen and oxygen atoms in total. The smallest absolute Gasteiger partial charge is 0.332 e. The highest BCUT2D eigenvalue weighted by Gasteiger charge is 2.29. The Balaban J connectivity index is 3.19. The first-order chi connectivity index (χ1) is 10.3. The number of methoxy groups -OCH3 is 2. The van der Waals surface area contributed by atoms with Crippen molar-refractivity contribution < 1.29 is 24.0 Å². The maximum Gasteiger partial charge on any atom is 0.332 e. The number of esters is 2. The number of halogens is 1. The average Bonchev–Trinajstić information content (AvgIpc) is 2.44. The van der Waals surface area contributed by atoms with E-state index in [-0.39, 0.29) is 16.8 Å². The summed E-state index contributed by atoms with van der Waals surface area (Å²) >= 11 is 5.66. The minimum Gasteiger partial charge on any atom is -0.469 e. The molecule has 0 aliphatic carbocycles. The van der Waals surface area contributed by atoms with Gasteiger partial charge in [-0.15, -0.1) is 0 Å². The molecule has 0 unspecified atom stereocenters. The van der Waals surface area contributed by atoms with Gasteiger partial charge in [-0.25, -0.2) is 9.78 Å². The molecule has 11 heteroatoms. The van der Waals surface area contributed by atoms with Gasteiger partial charge in [-0.05, 0) is 18.5 Å². The van der Waals surface area contributed by atoms with Gasteiger partial charge in [-0.2, -0.15) is 4.98 Å². The van der Waals surface area contributed by atoms with Crippen molar-refractivity contribution in [2.24, 2.45) is 0 Å². The lowest BCUT2D eigenvalue weighted by Crippen LogP contribution is -2.34. The molecule has 0 fully saturated rings. The Labute approximate surface area is 129 Å². The van der Waals surface area contributed by atoms with Crippen molar-refractivity contribution in [2.45, 2.75) is 19.4 Å². The van der Waals surface area contributed by atoms with Crippen LogP contribution in [0.1, 0.15) is 12.1 Å². The second-order valence-corrected chi connectivity index (χ2v) is 4.37. The first kappa shape index (κ1) is 17.6. The molecule has 0 aliphatic heterocycles. The normalized spacial score (nSPS) is 11.5. The Morgan fingerprint density at radius 3 is 2.50 bits per heavy atom. The summed E-state index contributed by atoms with van der Waals surface area (Å²) in [5, 5.41) is 13.3. The van der Waals surface area contributed by atoms with Crippen molar-refractivity contribution in [3.05, 3.63) is 21.1 Å². The zero-order chi connectivity index (χ0) is 16.9. The van der Waals surface area contributed by atoms with Crippen molar-refractivity contribution in [1.82, 2.24) is 9.97 Å². The van der Waals surface area contributed by atoms with E-state index in [1.807, 2.05) is 0 Å². The number of hydrogen-bond acceptors (Lipinski definition) is 9. The molecular formula is C11H13ClN4O6. The van der Waals surface area contributed by atoms with E-state index in [0.717, 1.165) is 14.2 Å². The number of hydrogen-bond donors (Lipinski definition) is 1. The number of nitrogens with one attached hydrogen (secondary N) is 1. The van der Waals surface area contributed by atoms with Crippen molar-refractivity contribution in [3.63, 3.8) is 0 Å². The third kappa shape index (κ3) is 4.25. The first-order valence-corrected chi connectivity index (χ1v) is 6.27. The van der Waals surface area contributed by atoms with Crippen LogP contribution in [0.4, 0.5) is 11.5 Å². The Hall–Kier alpha value is -2.49. The Bertz CT molecular complexity index is 608. The summed E-state index contributed by atoms with van der Waals surface area (Å²) in [4.78, 5) is 40.7. The quantitative estimate of drug-likeness (QED) is 0.348. The highest BCUT2D eigenvalue weighted by molar-refractivity contribution is 6.28. The molecule has 0 bridgehead atoms. The van der Waals surface area contributed by atoms with E-state index in [4.69, 9.17) is 11.6 Å². The first-order valence-electron chi connectivity index (χ1n) is 5.89. The van der Waals surface area contributed by atoms with Gasteiger partial charge in [-0.1, -0.05) is 0 Å². The number of carbonyl (C=O) groups is 2. The second-order valence-electron chi connectivity index (χ2n) is 4.03. The number of nitrogens with zero attached hydrogens (tertiary/aromatic N) is 3. The van der Waals surface area contributed by atoms with Crippen LogP contribution in [0.25, 0.3) is 0 Å². The highest BCUT2D eigenvalue weighted by atomic mass is 35.5. The Kier molecular flexibility index (Phi) is 5.99. The number of aromatic nitrogens is 2. The summed E-state index contributed by atoms with van der Waals surface area (Å²) < 4.78 is 8.99. The predicted molar refractivity (Wildman–Crippen MR) is 74.5 cm³/mol. The van der Waals surface area contributed by atoms with Crippen molar-refractivity contribution in [3.8, 4) is 0 Å². The van der Waals surface area contributed by atoms with Crippen LogP contribution in [0.15, 0.2) is 0 Å². The van der Waals surface area contributed by atoms with Gasteiger partial charge in [0.25, 0.3) is 0 Å². The molecule has 1 atom stereocenters. The Morgan fingerprint density at radius 1 is 1.36 bits per heavy atom. The molecular weight excluding hydrogens is 320 g/mol. The minimum atomic E-state index is -1.22. The van der Waals surface area contributed by atoms with Crippen LogP contribution in [-0.4, -0.2) is 47.1 Å². The summed E-state index contributed by atoms with van der Waals surface area (Å²) in [6, 6.07) is -1.22. The van der Waals surface area contributed by atoms with E-state index in [0.29, 0.717) is 0 Å². The number of anilines is 1. The summed E-state index contributed by atoms with van der Waals surface area (Å²) in [6.45, 7) is 1.37. The molecule has 1 N–H and O–H groups in total. The van der Waals surface area contributed by atoms with Crippen LogP contribution in [0, 0.1) is 17.0 Å². The highest BCUT2D eigenvalue weighted by Crippen LogP contribution is 2.27. The summed E-state index contributed by atoms with van der Waals surface area (Å²) in [7, 11) is 2.26. The van der Waals surface area contributed by atoms with Crippen LogP contribution >= 0.6 is 11.6 Å². The molecule has 0 radical (unpaired) electrons. The summed E-state index contributed by atoms with van der Waals surface area (Å²) in [6.07, 6.45) is -0.402. The molecule has 0 spiro atoms. The van der Waals surface area contributed by atoms with E-state index < -0.39 is 35.0 Å². The van der Waals surface area contributed by atoms with E-state index in [1.165, 1.54) is 6.92 Å². The topological polar surface area (TPSA) is 134 Å². The molecule has 1 rings (SSSR count). The molecule has 0 saturated heterocycles. The van der Waals surface area contributed by atoms with Gasteiger partial charge in [0.2, 0.25) is 11.1 Å². The van der Waals surface area contributed by atoms with Crippen LogP contribution in [0.5, 0.6) is 0 Å². The van der Waals surface area contributed by atoms with E-state index in [1.54, 1.807) is 0 Å². The lowest BCUT2D eigenvalue weighted by atomic mass is 10.2. The van der Waals surface area contributed by atoms with Crippen LogP contribution in [0.2, 0.25) is 5.28 Å². The number of nitro groups is 1. The Morgan fingerprint density at radius 2 is 2.00 bits per heavy atom. The molecule has 22 heavy (non-hydrogen) atoms. The monoisotopic (exact) mass is 332 g/mol. The third-order valence-electron chi connectivity index (χ3n) is 2.61. The number of ether oxygens (including phenoxy) is 2. The van der Waals surface area contributed by atoms with Crippen LogP contribution in [-0.2, 0) is 19.1 Å². The van der Waals surface area contributed by atoms with Crippen LogP contribution < -0.4 is 5.32 Å². The zero-order valence-corrected chi connectivity index (χ0v) is 12.7. The zero-order valence-electron chi connectivity index (χ0n) is 12.0. The van der Waals surface area contributed by atoms with Gasteiger partial charge >= 0.3 is 17.6 Å². The van der Waals surface area contributed by atoms with Crippen molar-refractivity contribution >= 4 is 35.0 Å². The second kappa shape index (κ2) is 7.50. The fraction of sp³-hybridized carbons (Fsp3) is 0.455. The SMILES string of the molecule is COC(=O)C[C@H](Nc1nc(Cl)nc(C)c1[N+](=O)[O-])C(=O)OC. The van der Waals surface area contributed by atoms with Gasteiger partial charge in [0.1, 0.15) is 11.7 Å². The van der Waals surface area contributed by atoms with Crippen LogP contribution in [0.3, 0.4) is 0 Å². The molecule has 1 aromatic rings. The molecule has 0 amide bonds. The largest absolute Gasteiger partial charge is 0.469 e. The van der Waals surface area contributed by atoms with E-state index >= 15 is 0 Å². The molecule has 0 aliphatic rings. The lowest BCUT2D eigenvalue weighted by molar-refractivity contribution is -0.385. The fourth-order valence-corrected chi connectivity index (χ4v) is 1.81. The molecule has 0 saturated carbocycles. The molecule has 0 aromatic carbocycles.